The van der Waals surface area contributed by atoms with Crippen LogP contribution in [0.5, 0.6) is 0 Å². The van der Waals surface area contributed by atoms with E-state index in [1.165, 1.54) is 0 Å². The molecule has 2 aliphatic rings. The van der Waals surface area contributed by atoms with Gasteiger partial charge in [-0.25, -0.2) is 0 Å². The van der Waals surface area contributed by atoms with Gasteiger partial charge in [-0.3, -0.25) is 14.5 Å². The van der Waals surface area contributed by atoms with Crippen molar-refractivity contribution in [1.29, 1.82) is 0 Å². The first-order valence-electron chi connectivity index (χ1n) is 10.8. The number of hydrogen-bond donors (Lipinski definition) is 0. The Morgan fingerprint density at radius 1 is 1.07 bits per heavy atom. The van der Waals surface area contributed by atoms with E-state index in [0.717, 1.165) is 55.1 Å². The molecule has 7 heteroatoms. The van der Waals surface area contributed by atoms with Crippen molar-refractivity contribution in [2.45, 2.75) is 45.7 Å². The van der Waals surface area contributed by atoms with Crippen molar-refractivity contribution in [1.82, 2.24) is 19.9 Å². The number of benzene rings is 1. The van der Waals surface area contributed by atoms with E-state index < -0.39 is 6.04 Å². The third-order valence-corrected chi connectivity index (χ3v) is 6.27. The van der Waals surface area contributed by atoms with Crippen LogP contribution in [-0.4, -0.2) is 64.4 Å². The van der Waals surface area contributed by atoms with E-state index in [1.54, 1.807) is 4.90 Å². The van der Waals surface area contributed by atoms with Gasteiger partial charge in [-0.05, 0) is 32.3 Å². The lowest BCUT2D eigenvalue weighted by Crippen LogP contribution is -2.53. The first kappa shape index (κ1) is 20.6. The van der Waals surface area contributed by atoms with Crippen molar-refractivity contribution in [3.05, 3.63) is 52.9 Å². The van der Waals surface area contributed by atoms with Gasteiger partial charge in [0.1, 0.15) is 11.8 Å². The minimum Gasteiger partial charge on any atom is -0.361 e. The molecule has 2 aromatic rings. The number of piperazine rings is 1. The Morgan fingerprint density at radius 3 is 2.43 bits per heavy atom. The number of aryl methyl sites for hydroxylation is 2. The highest BCUT2D eigenvalue weighted by Gasteiger charge is 2.36. The van der Waals surface area contributed by atoms with E-state index in [4.69, 9.17) is 4.52 Å². The molecule has 7 nitrogen and oxygen atoms in total. The predicted molar refractivity (Wildman–Crippen MR) is 113 cm³/mol. The molecule has 2 amide bonds. The van der Waals surface area contributed by atoms with E-state index in [9.17, 15) is 9.59 Å². The maximum absolute atomic E-state index is 13.6. The fraction of sp³-hybridized carbons (Fsp3) is 0.522. The highest BCUT2D eigenvalue weighted by Crippen LogP contribution is 2.28. The van der Waals surface area contributed by atoms with Crippen LogP contribution in [0.1, 0.15) is 47.9 Å². The van der Waals surface area contributed by atoms with E-state index in [0.29, 0.717) is 26.1 Å². The highest BCUT2D eigenvalue weighted by atomic mass is 16.5. The summed E-state index contributed by atoms with van der Waals surface area (Å²) in [4.78, 5) is 32.2. The summed E-state index contributed by atoms with van der Waals surface area (Å²) in [7, 11) is 0. The molecule has 0 N–H and O–H groups in total. The summed E-state index contributed by atoms with van der Waals surface area (Å²) >= 11 is 0. The molecule has 1 aromatic heterocycles. The number of hydrogen-bond acceptors (Lipinski definition) is 5. The zero-order chi connectivity index (χ0) is 21.1. The lowest BCUT2D eigenvalue weighted by molar-refractivity contribution is -0.148. The van der Waals surface area contributed by atoms with Gasteiger partial charge in [-0.1, -0.05) is 35.5 Å². The zero-order valence-corrected chi connectivity index (χ0v) is 17.8. The molecule has 4 rings (SSSR count). The van der Waals surface area contributed by atoms with Gasteiger partial charge in [0.2, 0.25) is 11.8 Å². The topological polar surface area (TPSA) is 69.9 Å². The maximum atomic E-state index is 13.6. The third kappa shape index (κ3) is 4.26. The summed E-state index contributed by atoms with van der Waals surface area (Å²) in [6, 6.07) is 9.21. The molecule has 0 aliphatic carbocycles. The summed E-state index contributed by atoms with van der Waals surface area (Å²) in [6.45, 7) is 8.25. The Labute approximate surface area is 177 Å². The van der Waals surface area contributed by atoms with E-state index in [1.807, 2.05) is 49.1 Å². The Balaban J connectivity index is 1.45. The van der Waals surface area contributed by atoms with E-state index in [-0.39, 0.29) is 11.8 Å². The average Bonchev–Trinajstić information content (AvgIpc) is 3.08. The predicted octanol–water partition coefficient (Wildman–Crippen LogP) is 2.69. The molecule has 2 saturated heterocycles. The van der Waals surface area contributed by atoms with Crippen LogP contribution in [0.3, 0.4) is 0 Å². The Morgan fingerprint density at radius 2 is 1.80 bits per heavy atom. The quantitative estimate of drug-likeness (QED) is 0.758. The fourth-order valence-electron chi connectivity index (χ4n) is 4.44. The molecule has 3 heterocycles. The average molecular weight is 411 g/mol. The highest BCUT2D eigenvalue weighted by molar-refractivity contribution is 5.89. The Hall–Kier alpha value is -2.67. The van der Waals surface area contributed by atoms with Crippen LogP contribution in [-0.2, 0) is 16.1 Å². The van der Waals surface area contributed by atoms with Gasteiger partial charge in [0.25, 0.3) is 0 Å². The summed E-state index contributed by atoms with van der Waals surface area (Å²) in [5.74, 6) is 0.979. The molecule has 1 aromatic carbocycles. The molecule has 160 valence electrons. The van der Waals surface area contributed by atoms with Gasteiger partial charge in [-0.15, -0.1) is 0 Å². The van der Waals surface area contributed by atoms with Gasteiger partial charge >= 0.3 is 0 Å². The molecule has 2 aliphatic heterocycles. The summed E-state index contributed by atoms with van der Waals surface area (Å²) in [5, 5.41) is 4.04. The number of rotatable bonds is 5. The van der Waals surface area contributed by atoms with E-state index >= 15 is 0 Å². The molecule has 2 fully saturated rings. The molecule has 0 spiro atoms. The summed E-state index contributed by atoms with van der Waals surface area (Å²) in [6.07, 6.45) is 2.39. The molecular formula is C23H30N4O3. The van der Waals surface area contributed by atoms with Crippen LogP contribution in [0.15, 0.2) is 34.9 Å². The SMILES string of the molecule is Cc1noc(C)c1CN1CCN(C(=O)C(c2ccccc2)N2CCCCC2=O)CC1. The molecule has 0 bridgehead atoms. The number of piperidine rings is 1. The standard InChI is InChI=1S/C23H30N4O3/c1-17-20(18(2)30-24-17)16-25-12-14-26(15-13-25)23(29)22(19-8-4-3-5-9-19)27-11-7-6-10-21(27)28/h3-5,8-9,22H,6-7,10-16H2,1-2H3. The second-order valence-corrected chi connectivity index (χ2v) is 8.26. The zero-order valence-electron chi connectivity index (χ0n) is 17.8. The lowest BCUT2D eigenvalue weighted by atomic mass is 9.99. The van der Waals surface area contributed by atoms with Crippen molar-refractivity contribution in [2.75, 3.05) is 32.7 Å². The van der Waals surface area contributed by atoms with Crippen LogP contribution in [0.2, 0.25) is 0 Å². The Kier molecular flexibility index (Phi) is 6.18. The van der Waals surface area contributed by atoms with Crippen molar-refractivity contribution >= 4 is 11.8 Å². The number of nitrogens with zero attached hydrogens (tertiary/aromatic N) is 4. The van der Waals surface area contributed by atoms with Crippen molar-refractivity contribution in [2.24, 2.45) is 0 Å². The molecule has 1 atom stereocenters. The molecule has 0 radical (unpaired) electrons. The molecule has 1 unspecified atom stereocenters. The second kappa shape index (κ2) is 9.00. The summed E-state index contributed by atoms with van der Waals surface area (Å²) < 4.78 is 5.28. The minimum absolute atomic E-state index is 0.0356. The first-order valence-corrected chi connectivity index (χ1v) is 10.8. The molecule has 0 saturated carbocycles. The van der Waals surface area contributed by atoms with Crippen molar-refractivity contribution < 1.29 is 14.1 Å². The van der Waals surface area contributed by atoms with Crippen LogP contribution < -0.4 is 0 Å². The summed E-state index contributed by atoms with van der Waals surface area (Å²) in [5.41, 5.74) is 2.96. The van der Waals surface area contributed by atoms with Gasteiger partial charge in [0.05, 0.1) is 5.69 Å². The Bertz CT molecular complexity index is 868. The van der Waals surface area contributed by atoms with Crippen LogP contribution in [0.4, 0.5) is 0 Å². The second-order valence-electron chi connectivity index (χ2n) is 8.26. The van der Waals surface area contributed by atoms with Crippen LogP contribution >= 0.6 is 0 Å². The number of carbonyl (C=O) groups is 2. The maximum Gasteiger partial charge on any atom is 0.250 e. The number of aromatic nitrogens is 1. The van der Waals surface area contributed by atoms with Gasteiger partial charge in [0, 0.05) is 51.3 Å². The largest absolute Gasteiger partial charge is 0.361 e. The van der Waals surface area contributed by atoms with E-state index in [2.05, 4.69) is 10.1 Å². The van der Waals surface area contributed by atoms with Crippen molar-refractivity contribution in [3.8, 4) is 0 Å². The lowest BCUT2D eigenvalue weighted by Gasteiger charge is -2.40. The van der Waals surface area contributed by atoms with Gasteiger partial charge < -0.3 is 14.3 Å². The minimum atomic E-state index is -0.520. The van der Waals surface area contributed by atoms with Crippen LogP contribution in [0, 0.1) is 13.8 Å². The van der Waals surface area contributed by atoms with Gasteiger partial charge in [0.15, 0.2) is 0 Å². The van der Waals surface area contributed by atoms with Gasteiger partial charge in [-0.2, -0.15) is 0 Å². The fourth-order valence-corrected chi connectivity index (χ4v) is 4.44. The normalized spacial score (nSPS) is 19.2. The van der Waals surface area contributed by atoms with Crippen molar-refractivity contribution in [3.63, 3.8) is 0 Å². The molecule has 30 heavy (non-hydrogen) atoms. The first-order chi connectivity index (χ1) is 14.5. The van der Waals surface area contributed by atoms with Crippen LogP contribution in [0.25, 0.3) is 0 Å². The number of likely N-dealkylation sites (tertiary alicyclic amines) is 1. The number of carbonyl (C=O) groups excluding carboxylic acids is 2. The molecular weight excluding hydrogens is 380 g/mol. The number of amides is 2. The smallest absolute Gasteiger partial charge is 0.250 e. The monoisotopic (exact) mass is 410 g/mol. The third-order valence-electron chi connectivity index (χ3n) is 6.27.